The van der Waals surface area contributed by atoms with Crippen molar-refractivity contribution in [3.8, 4) is 0 Å². The van der Waals surface area contributed by atoms with E-state index in [2.05, 4.69) is 6.92 Å². The van der Waals surface area contributed by atoms with Crippen LogP contribution in [0.4, 0.5) is 0 Å². The molecule has 0 heterocycles. The molecule has 0 aliphatic heterocycles. The average Bonchev–Trinajstić information content (AvgIpc) is 2.23. The molecule has 1 saturated carbocycles. The van der Waals surface area contributed by atoms with Gasteiger partial charge in [0.1, 0.15) is 5.54 Å². The minimum absolute atomic E-state index is 0.00352. The fourth-order valence-electron chi connectivity index (χ4n) is 3.05. The van der Waals surface area contributed by atoms with E-state index in [0.717, 1.165) is 12.8 Å². The monoisotopic (exact) mass is 241 g/mol. The van der Waals surface area contributed by atoms with Crippen molar-refractivity contribution in [2.75, 3.05) is 0 Å². The second kappa shape index (κ2) is 5.07. The van der Waals surface area contributed by atoms with Crippen molar-refractivity contribution in [2.24, 2.45) is 11.8 Å². The molecular formula is C13H23NO3. The Morgan fingerprint density at radius 3 is 2.41 bits per heavy atom. The van der Waals surface area contributed by atoms with Crippen LogP contribution in [0.15, 0.2) is 0 Å². The van der Waals surface area contributed by atoms with Gasteiger partial charge in [-0.05, 0) is 38.5 Å². The van der Waals surface area contributed by atoms with Gasteiger partial charge in [-0.1, -0.05) is 20.3 Å². The lowest BCUT2D eigenvalue weighted by molar-refractivity contribution is -0.166. The van der Waals surface area contributed by atoms with E-state index in [4.69, 9.17) is 0 Å². The van der Waals surface area contributed by atoms with Crippen molar-refractivity contribution < 1.29 is 14.7 Å². The number of hydrogen-bond donors (Lipinski definition) is 1. The molecule has 1 aliphatic rings. The number of carbonyl (C=O) groups excluding carboxylic acids is 1. The summed E-state index contributed by atoms with van der Waals surface area (Å²) in [6.45, 7) is 7.74. The smallest absolute Gasteiger partial charge is 0.329 e. The molecule has 0 saturated heterocycles. The van der Waals surface area contributed by atoms with E-state index in [1.807, 2.05) is 20.8 Å². The maximum Gasteiger partial charge on any atom is 0.329 e. The van der Waals surface area contributed by atoms with Crippen molar-refractivity contribution in [2.45, 2.75) is 58.5 Å². The van der Waals surface area contributed by atoms with Crippen LogP contribution < -0.4 is 0 Å². The van der Waals surface area contributed by atoms with E-state index in [9.17, 15) is 14.7 Å². The van der Waals surface area contributed by atoms with Crippen LogP contribution >= 0.6 is 0 Å². The number of carbonyl (C=O) groups is 2. The first-order valence-corrected chi connectivity index (χ1v) is 6.33. The highest BCUT2D eigenvalue weighted by Gasteiger charge is 2.51. The van der Waals surface area contributed by atoms with Gasteiger partial charge in [-0.15, -0.1) is 0 Å². The highest BCUT2D eigenvalue weighted by Crippen LogP contribution is 2.41. The second-order valence-corrected chi connectivity index (χ2v) is 5.62. The van der Waals surface area contributed by atoms with Crippen molar-refractivity contribution >= 4 is 12.4 Å². The number of amides is 1. The predicted octanol–water partition coefficient (Wildman–Crippen LogP) is 2.13. The zero-order chi connectivity index (χ0) is 13.2. The Kier molecular flexibility index (Phi) is 4.17. The average molecular weight is 241 g/mol. The first-order valence-electron chi connectivity index (χ1n) is 6.33. The van der Waals surface area contributed by atoms with E-state index in [1.165, 1.54) is 4.90 Å². The van der Waals surface area contributed by atoms with Gasteiger partial charge in [0, 0.05) is 6.04 Å². The Bertz CT molecular complexity index is 303. The Morgan fingerprint density at radius 2 is 2.00 bits per heavy atom. The summed E-state index contributed by atoms with van der Waals surface area (Å²) in [6.07, 6.45) is 3.17. The van der Waals surface area contributed by atoms with E-state index < -0.39 is 11.5 Å². The summed E-state index contributed by atoms with van der Waals surface area (Å²) in [5.41, 5.74) is -1.02. The molecule has 0 aromatic carbocycles. The molecule has 17 heavy (non-hydrogen) atoms. The Morgan fingerprint density at radius 1 is 1.41 bits per heavy atom. The summed E-state index contributed by atoms with van der Waals surface area (Å²) < 4.78 is 0. The summed E-state index contributed by atoms with van der Waals surface area (Å²) in [5, 5.41) is 9.63. The zero-order valence-electron chi connectivity index (χ0n) is 11.1. The predicted molar refractivity (Wildman–Crippen MR) is 65.6 cm³/mol. The molecular weight excluding hydrogens is 218 g/mol. The molecule has 4 nitrogen and oxygen atoms in total. The lowest BCUT2D eigenvalue weighted by atomic mass is 9.68. The number of aliphatic carboxylic acids is 1. The molecule has 0 aromatic rings. The van der Waals surface area contributed by atoms with Crippen LogP contribution in [0.1, 0.15) is 47.0 Å². The van der Waals surface area contributed by atoms with E-state index >= 15 is 0 Å². The highest BCUT2D eigenvalue weighted by atomic mass is 16.4. The lowest BCUT2D eigenvalue weighted by Gasteiger charge is -2.49. The quantitative estimate of drug-likeness (QED) is 0.767. The van der Waals surface area contributed by atoms with Gasteiger partial charge >= 0.3 is 5.97 Å². The van der Waals surface area contributed by atoms with Crippen LogP contribution in [0, 0.1) is 11.8 Å². The molecule has 1 N–H and O–H groups in total. The van der Waals surface area contributed by atoms with Crippen molar-refractivity contribution in [1.29, 1.82) is 0 Å². The normalized spacial score (nSPS) is 33.5. The molecule has 4 heteroatoms. The standard InChI is InChI=1S/C13H23NO3/c1-9(2)14(8-15)13(12(16)17)7-10(3)5-6-11(13)4/h8-11H,5-7H2,1-4H3,(H,16,17). The van der Waals surface area contributed by atoms with Crippen LogP contribution in [-0.4, -0.2) is 34.0 Å². The number of carboxylic acid groups (broad SMARTS) is 1. The molecule has 1 rings (SSSR count). The van der Waals surface area contributed by atoms with Crippen molar-refractivity contribution in [3.63, 3.8) is 0 Å². The van der Waals surface area contributed by atoms with Crippen LogP contribution in [0.5, 0.6) is 0 Å². The first kappa shape index (κ1) is 14.0. The third-order valence-electron chi connectivity index (χ3n) is 4.07. The van der Waals surface area contributed by atoms with Gasteiger partial charge < -0.3 is 10.0 Å². The molecule has 3 atom stereocenters. The fourth-order valence-corrected chi connectivity index (χ4v) is 3.05. The van der Waals surface area contributed by atoms with Crippen LogP contribution in [0.2, 0.25) is 0 Å². The van der Waals surface area contributed by atoms with E-state index in [0.29, 0.717) is 18.7 Å². The number of rotatable bonds is 4. The van der Waals surface area contributed by atoms with Crippen molar-refractivity contribution in [3.05, 3.63) is 0 Å². The van der Waals surface area contributed by atoms with Gasteiger partial charge in [-0.2, -0.15) is 0 Å². The van der Waals surface area contributed by atoms with Crippen molar-refractivity contribution in [1.82, 2.24) is 4.90 Å². The first-order chi connectivity index (χ1) is 7.86. The summed E-state index contributed by atoms with van der Waals surface area (Å²) >= 11 is 0. The molecule has 1 aliphatic carbocycles. The SMILES string of the molecule is CC1CCC(C)C(C(=O)O)(N(C=O)C(C)C)C1. The number of hydrogen-bond acceptors (Lipinski definition) is 2. The minimum atomic E-state index is -1.02. The van der Waals surface area contributed by atoms with Gasteiger partial charge in [0.15, 0.2) is 0 Å². The molecule has 98 valence electrons. The van der Waals surface area contributed by atoms with Gasteiger partial charge in [-0.25, -0.2) is 4.79 Å². The zero-order valence-corrected chi connectivity index (χ0v) is 11.1. The lowest BCUT2D eigenvalue weighted by Crippen LogP contribution is -2.62. The summed E-state index contributed by atoms with van der Waals surface area (Å²) in [6, 6.07) is -0.0867. The van der Waals surface area contributed by atoms with Gasteiger partial charge in [-0.3, -0.25) is 4.79 Å². The summed E-state index contributed by atoms with van der Waals surface area (Å²) in [5.74, 6) is -0.510. The second-order valence-electron chi connectivity index (χ2n) is 5.62. The molecule has 1 fully saturated rings. The Balaban J connectivity index is 3.18. The molecule has 0 bridgehead atoms. The minimum Gasteiger partial charge on any atom is -0.479 e. The van der Waals surface area contributed by atoms with Gasteiger partial charge in [0.2, 0.25) is 6.41 Å². The van der Waals surface area contributed by atoms with Crippen LogP contribution in [0.3, 0.4) is 0 Å². The number of carboxylic acids is 1. The number of nitrogens with zero attached hydrogens (tertiary/aromatic N) is 1. The van der Waals surface area contributed by atoms with Crippen LogP contribution in [0.25, 0.3) is 0 Å². The Hall–Kier alpha value is -1.06. The fraction of sp³-hybridized carbons (Fsp3) is 0.846. The summed E-state index contributed by atoms with van der Waals surface area (Å²) in [7, 11) is 0. The topological polar surface area (TPSA) is 57.6 Å². The maximum absolute atomic E-state index is 11.7. The Labute approximate surface area is 103 Å². The largest absolute Gasteiger partial charge is 0.479 e. The molecule has 3 unspecified atom stereocenters. The van der Waals surface area contributed by atoms with Crippen LogP contribution in [-0.2, 0) is 9.59 Å². The van der Waals surface area contributed by atoms with E-state index in [1.54, 1.807) is 0 Å². The third-order valence-corrected chi connectivity index (χ3v) is 4.07. The van der Waals surface area contributed by atoms with Gasteiger partial charge in [0.25, 0.3) is 0 Å². The molecule has 0 radical (unpaired) electrons. The molecule has 1 amide bonds. The highest BCUT2D eigenvalue weighted by molar-refractivity contribution is 5.82. The third kappa shape index (κ3) is 2.31. The summed E-state index contributed by atoms with van der Waals surface area (Å²) in [4.78, 5) is 24.5. The maximum atomic E-state index is 11.7. The van der Waals surface area contributed by atoms with Gasteiger partial charge in [0.05, 0.1) is 0 Å². The molecule has 0 spiro atoms. The van der Waals surface area contributed by atoms with E-state index in [-0.39, 0.29) is 12.0 Å². The molecule has 0 aromatic heterocycles.